The van der Waals surface area contributed by atoms with Gasteiger partial charge < -0.3 is 9.80 Å². The van der Waals surface area contributed by atoms with E-state index >= 15 is 0 Å². The smallest absolute Gasteiger partial charge is 0.240 e. The van der Waals surface area contributed by atoms with Crippen LogP contribution in [0.1, 0.15) is 25.7 Å². The van der Waals surface area contributed by atoms with E-state index in [4.69, 9.17) is 0 Å². The van der Waals surface area contributed by atoms with Crippen LogP contribution >= 0.6 is 11.8 Å². The highest BCUT2D eigenvalue weighted by atomic mass is 32.2. The molecule has 23 heavy (non-hydrogen) atoms. The fourth-order valence-corrected chi connectivity index (χ4v) is 4.45. The Morgan fingerprint density at radius 2 is 1.70 bits per heavy atom. The topological polar surface area (TPSA) is 55.9 Å². The molecule has 3 heterocycles. The average Bonchev–Trinajstić information content (AvgIpc) is 3.15. The van der Waals surface area contributed by atoms with E-state index in [-0.39, 0.29) is 11.9 Å². The number of carbonyl (C=O) groups is 2. The van der Waals surface area contributed by atoms with Gasteiger partial charge in [-0.2, -0.15) is 0 Å². The second-order valence-electron chi connectivity index (χ2n) is 6.63. The van der Waals surface area contributed by atoms with Gasteiger partial charge >= 0.3 is 0 Å². The number of piperazine rings is 1. The average molecular weight is 340 g/mol. The number of hydrogen-bond donors (Lipinski definition) is 1. The quantitative estimate of drug-likeness (QED) is 0.792. The lowest BCUT2D eigenvalue weighted by Crippen LogP contribution is -2.53. The molecule has 7 heteroatoms. The van der Waals surface area contributed by atoms with Crippen LogP contribution in [0.15, 0.2) is 0 Å². The van der Waals surface area contributed by atoms with E-state index in [0.717, 1.165) is 70.3 Å². The van der Waals surface area contributed by atoms with Crippen LogP contribution in [0.25, 0.3) is 0 Å². The van der Waals surface area contributed by atoms with Crippen molar-refractivity contribution in [1.29, 1.82) is 0 Å². The molecule has 0 saturated carbocycles. The predicted molar refractivity (Wildman–Crippen MR) is 92.3 cm³/mol. The lowest BCUT2D eigenvalue weighted by molar-refractivity contribution is -0.135. The molecule has 3 aliphatic heterocycles. The summed E-state index contributed by atoms with van der Waals surface area (Å²) in [6.45, 7) is 6.06. The van der Waals surface area contributed by atoms with Gasteiger partial charge in [-0.15, -0.1) is 11.8 Å². The van der Waals surface area contributed by atoms with Crippen molar-refractivity contribution in [3.63, 3.8) is 0 Å². The molecule has 3 rings (SSSR count). The molecule has 0 aromatic rings. The number of nitrogens with one attached hydrogen (secondary N) is 1. The Balaban J connectivity index is 1.35. The van der Waals surface area contributed by atoms with Crippen molar-refractivity contribution in [3.05, 3.63) is 0 Å². The van der Waals surface area contributed by atoms with Crippen LogP contribution in [0.3, 0.4) is 0 Å². The van der Waals surface area contributed by atoms with Gasteiger partial charge in [-0.1, -0.05) is 0 Å². The van der Waals surface area contributed by atoms with E-state index in [1.54, 1.807) is 11.8 Å². The van der Waals surface area contributed by atoms with Gasteiger partial charge in [0, 0.05) is 63.9 Å². The number of amides is 2. The van der Waals surface area contributed by atoms with Crippen LogP contribution < -0.4 is 5.32 Å². The highest BCUT2D eigenvalue weighted by Gasteiger charge is 2.29. The van der Waals surface area contributed by atoms with Gasteiger partial charge in [0.25, 0.3) is 0 Å². The molecule has 0 bridgehead atoms. The highest BCUT2D eigenvalue weighted by molar-refractivity contribution is 7.99. The second kappa shape index (κ2) is 8.35. The van der Waals surface area contributed by atoms with E-state index < -0.39 is 0 Å². The zero-order valence-electron chi connectivity index (χ0n) is 13.8. The third-order valence-electron chi connectivity index (χ3n) is 5.05. The maximum absolute atomic E-state index is 12.4. The van der Waals surface area contributed by atoms with Gasteiger partial charge in [0.15, 0.2) is 0 Å². The third-order valence-corrected chi connectivity index (χ3v) is 5.99. The van der Waals surface area contributed by atoms with Gasteiger partial charge in [-0.05, 0) is 19.3 Å². The van der Waals surface area contributed by atoms with Crippen molar-refractivity contribution in [3.8, 4) is 0 Å². The number of thioether (sulfide) groups is 1. The fraction of sp³-hybridized carbons (Fsp3) is 0.875. The zero-order chi connectivity index (χ0) is 16.1. The maximum atomic E-state index is 12.4. The Bertz CT molecular complexity index is 414. The SMILES string of the molecule is O=C(CCN1CCN(C(=O)C2CSCN2)CC1)N1CCCCC1. The normalized spacial score (nSPS) is 26.5. The van der Waals surface area contributed by atoms with Gasteiger partial charge in [0.05, 0.1) is 6.04 Å². The van der Waals surface area contributed by atoms with Crippen LogP contribution in [-0.4, -0.2) is 90.0 Å². The minimum atomic E-state index is 0.00669. The highest BCUT2D eigenvalue weighted by Crippen LogP contribution is 2.14. The van der Waals surface area contributed by atoms with Crippen LogP contribution in [0.5, 0.6) is 0 Å². The first-order chi connectivity index (χ1) is 11.2. The van der Waals surface area contributed by atoms with Crippen LogP contribution in [0, 0.1) is 0 Å². The van der Waals surface area contributed by atoms with E-state index in [1.807, 2.05) is 9.80 Å². The summed E-state index contributed by atoms with van der Waals surface area (Å²) in [5, 5.41) is 3.25. The van der Waals surface area contributed by atoms with E-state index in [0.29, 0.717) is 12.3 Å². The van der Waals surface area contributed by atoms with Gasteiger partial charge in [0.2, 0.25) is 11.8 Å². The van der Waals surface area contributed by atoms with E-state index in [1.165, 1.54) is 6.42 Å². The van der Waals surface area contributed by atoms with Gasteiger partial charge in [-0.25, -0.2) is 0 Å². The Morgan fingerprint density at radius 1 is 0.957 bits per heavy atom. The van der Waals surface area contributed by atoms with Crippen molar-refractivity contribution in [2.24, 2.45) is 0 Å². The van der Waals surface area contributed by atoms with Gasteiger partial charge in [0.1, 0.15) is 0 Å². The lowest BCUT2D eigenvalue weighted by Gasteiger charge is -2.36. The monoisotopic (exact) mass is 340 g/mol. The molecule has 0 spiro atoms. The molecule has 1 N–H and O–H groups in total. The minimum absolute atomic E-state index is 0.00669. The Labute approximate surface area is 142 Å². The van der Waals surface area contributed by atoms with Gasteiger partial charge in [-0.3, -0.25) is 19.8 Å². The second-order valence-corrected chi connectivity index (χ2v) is 7.66. The molecule has 0 aromatic carbocycles. The van der Waals surface area contributed by atoms with Crippen molar-refractivity contribution < 1.29 is 9.59 Å². The summed E-state index contributed by atoms with van der Waals surface area (Å²) in [7, 11) is 0. The lowest BCUT2D eigenvalue weighted by atomic mass is 10.1. The molecular formula is C16H28N4O2S. The number of likely N-dealkylation sites (tertiary alicyclic amines) is 1. The summed E-state index contributed by atoms with van der Waals surface area (Å²) in [6.07, 6.45) is 4.18. The summed E-state index contributed by atoms with van der Waals surface area (Å²) in [5.74, 6) is 2.33. The molecule has 6 nitrogen and oxygen atoms in total. The number of hydrogen-bond acceptors (Lipinski definition) is 5. The molecule has 3 aliphatic rings. The molecule has 0 aliphatic carbocycles. The molecular weight excluding hydrogens is 312 g/mol. The number of piperidine rings is 1. The van der Waals surface area contributed by atoms with Crippen LogP contribution in [-0.2, 0) is 9.59 Å². The first-order valence-corrected chi connectivity index (χ1v) is 9.99. The zero-order valence-corrected chi connectivity index (χ0v) is 14.7. The first kappa shape index (κ1) is 17.0. The molecule has 1 unspecified atom stereocenters. The standard InChI is InChI=1S/C16H28N4O2S/c21-15(19-5-2-1-3-6-19)4-7-18-8-10-20(11-9-18)16(22)14-12-23-13-17-14/h14,17H,1-13H2. The fourth-order valence-electron chi connectivity index (χ4n) is 3.52. The molecule has 3 fully saturated rings. The summed E-state index contributed by atoms with van der Waals surface area (Å²) in [6, 6.07) is 0.00669. The number of rotatable bonds is 4. The summed E-state index contributed by atoms with van der Waals surface area (Å²) in [4.78, 5) is 30.9. The third kappa shape index (κ3) is 4.61. The van der Waals surface area contributed by atoms with E-state index in [9.17, 15) is 9.59 Å². The van der Waals surface area contributed by atoms with E-state index in [2.05, 4.69) is 10.2 Å². The Hall–Kier alpha value is -0.790. The van der Waals surface area contributed by atoms with Crippen LogP contribution in [0.2, 0.25) is 0 Å². The molecule has 2 amide bonds. The Kier molecular flexibility index (Phi) is 6.19. The maximum Gasteiger partial charge on any atom is 0.240 e. The predicted octanol–water partition coefficient (Wildman–Crippen LogP) is 0.196. The Morgan fingerprint density at radius 3 is 2.35 bits per heavy atom. The molecule has 130 valence electrons. The number of carbonyl (C=O) groups excluding carboxylic acids is 2. The van der Waals surface area contributed by atoms with Crippen molar-refractivity contribution in [2.75, 3.05) is 57.4 Å². The van der Waals surface area contributed by atoms with Crippen LogP contribution in [0.4, 0.5) is 0 Å². The molecule has 0 aromatic heterocycles. The summed E-state index contributed by atoms with van der Waals surface area (Å²) in [5.41, 5.74) is 0. The largest absolute Gasteiger partial charge is 0.343 e. The van der Waals surface area contributed by atoms with Crippen molar-refractivity contribution in [2.45, 2.75) is 31.7 Å². The summed E-state index contributed by atoms with van der Waals surface area (Å²) < 4.78 is 0. The minimum Gasteiger partial charge on any atom is -0.343 e. The number of nitrogens with zero attached hydrogens (tertiary/aromatic N) is 3. The molecule has 1 atom stereocenters. The summed E-state index contributed by atoms with van der Waals surface area (Å²) >= 11 is 1.79. The van der Waals surface area contributed by atoms with Crippen molar-refractivity contribution in [1.82, 2.24) is 20.0 Å². The first-order valence-electron chi connectivity index (χ1n) is 8.84. The molecule has 3 saturated heterocycles. The molecule has 0 radical (unpaired) electrons. The van der Waals surface area contributed by atoms with Crippen molar-refractivity contribution >= 4 is 23.6 Å².